The fraction of sp³-hybridized carbons (Fsp3) is 0.455. The van der Waals surface area contributed by atoms with Gasteiger partial charge in [0.1, 0.15) is 5.82 Å². The maximum Gasteiger partial charge on any atom is 0.416 e. The average molecular weight is 350 g/mol. The minimum absolute atomic E-state index is 0.0621. The molecule has 0 unspecified atom stereocenters. The summed E-state index contributed by atoms with van der Waals surface area (Å²) in [6.07, 6.45) is -7.37. The van der Waals surface area contributed by atoms with Gasteiger partial charge >= 0.3 is 6.18 Å². The number of halogens is 7. The first-order valence-corrected chi connectivity index (χ1v) is 6.33. The van der Waals surface area contributed by atoms with Crippen molar-refractivity contribution in [2.24, 2.45) is 0 Å². The van der Waals surface area contributed by atoms with Crippen molar-refractivity contribution in [3.63, 3.8) is 0 Å². The number of benzene rings is 1. The van der Waals surface area contributed by atoms with Crippen LogP contribution in [0.5, 0.6) is 0 Å². The Hall–Kier alpha value is -0.920. The van der Waals surface area contributed by atoms with E-state index in [1.165, 1.54) is 0 Å². The van der Waals surface area contributed by atoms with Gasteiger partial charge in [-0.3, -0.25) is 0 Å². The van der Waals surface area contributed by atoms with Crippen LogP contribution >= 0.6 is 15.9 Å². The van der Waals surface area contributed by atoms with Crippen LogP contribution in [-0.4, -0.2) is 24.8 Å². The van der Waals surface area contributed by atoms with Crippen LogP contribution < -0.4 is 4.90 Å². The normalized spacial score (nSPS) is 12.0. The van der Waals surface area contributed by atoms with Crippen LogP contribution in [0.3, 0.4) is 0 Å². The predicted molar refractivity (Wildman–Crippen MR) is 63.4 cm³/mol. The van der Waals surface area contributed by atoms with Crippen molar-refractivity contribution in [3.05, 3.63) is 29.6 Å². The SMILES string of the molecule is Fc1cc(C(F)(F)F)ccc1N(CCBr)CC(F)F. The van der Waals surface area contributed by atoms with Gasteiger partial charge in [0.25, 0.3) is 6.43 Å². The van der Waals surface area contributed by atoms with Gasteiger partial charge in [0.05, 0.1) is 17.8 Å². The molecule has 0 saturated carbocycles. The van der Waals surface area contributed by atoms with Gasteiger partial charge in [0.2, 0.25) is 0 Å². The highest BCUT2D eigenvalue weighted by Crippen LogP contribution is 2.32. The molecule has 0 N–H and O–H groups in total. The molecule has 0 radical (unpaired) electrons. The summed E-state index contributed by atoms with van der Waals surface area (Å²) >= 11 is 3.02. The zero-order chi connectivity index (χ0) is 14.6. The lowest BCUT2D eigenvalue weighted by Gasteiger charge is -2.24. The highest BCUT2D eigenvalue weighted by atomic mass is 79.9. The zero-order valence-corrected chi connectivity index (χ0v) is 11.1. The molecule has 0 aliphatic heterocycles. The molecule has 0 heterocycles. The van der Waals surface area contributed by atoms with E-state index in [0.717, 1.165) is 11.0 Å². The molecule has 1 aromatic carbocycles. The third-order valence-electron chi connectivity index (χ3n) is 2.33. The van der Waals surface area contributed by atoms with Gasteiger partial charge in [-0.2, -0.15) is 13.2 Å². The molecule has 0 spiro atoms. The van der Waals surface area contributed by atoms with Crippen LogP contribution in [0.15, 0.2) is 18.2 Å². The summed E-state index contributed by atoms with van der Waals surface area (Å²) in [7, 11) is 0. The predicted octanol–water partition coefficient (Wildman–Crippen LogP) is 4.31. The highest BCUT2D eigenvalue weighted by molar-refractivity contribution is 9.09. The Kier molecular flexibility index (Phi) is 5.51. The summed E-state index contributed by atoms with van der Waals surface area (Å²) in [4.78, 5) is 0.995. The number of anilines is 1. The quantitative estimate of drug-likeness (QED) is 0.565. The molecule has 0 fully saturated rings. The Balaban J connectivity index is 3.04. The van der Waals surface area contributed by atoms with Crippen LogP contribution in [0.25, 0.3) is 0 Å². The second-order valence-electron chi connectivity index (χ2n) is 3.69. The minimum Gasteiger partial charge on any atom is -0.363 e. The first kappa shape index (κ1) is 16.1. The molecule has 0 saturated heterocycles. The molecule has 8 heteroatoms. The lowest BCUT2D eigenvalue weighted by atomic mass is 10.1. The largest absolute Gasteiger partial charge is 0.416 e. The topological polar surface area (TPSA) is 3.24 Å². The molecule has 1 nitrogen and oxygen atoms in total. The molecule has 0 amide bonds. The van der Waals surface area contributed by atoms with Gasteiger partial charge in [-0.25, -0.2) is 13.2 Å². The Bertz CT molecular complexity index is 420. The third kappa shape index (κ3) is 4.59. The Morgan fingerprint density at radius 2 is 1.84 bits per heavy atom. The molecule has 108 valence electrons. The number of hydrogen-bond acceptors (Lipinski definition) is 1. The number of hydrogen-bond donors (Lipinski definition) is 0. The fourth-order valence-corrected chi connectivity index (χ4v) is 1.95. The Morgan fingerprint density at radius 1 is 1.21 bits per heavy atom. The van der Waals surface area contributed by atoms with Crippen molar-refractivity contribution >= 4 is 21.6 Å². The van der Waals surface area contributed by atoms with E-state index in [1.54, 1.807) is 0 Å². The smallest absolute Gasteiger partial charge is 0.363 e. The van der Waals surface area contributed by atoms with Crippen LogP contribution in [0, 0.1) is 5.82 Å². The lowest BCUT2D eigenvalue weighted by Crippen LogP contribution is -2.31. The van der Waals surface area contributed by atoms with E-state index in [0.29, 0.717) is 17.5 Å². The summed E-state index contributed by atoms with van der Waals surface area (Å²) in [5.41, 5.74) is -1.42. The van der Waals surface area contributed by atoms with E-state index in [9.17, 15) is 26.3 Å². The minimum atomic E-state index is -4.66. The fourth-order valence-electron chi connectivity index (χ4n) is 1.52. The Morgan fingerprint density at radius 3 is 2.26 bits per heavy atom. The summed E-state index contributed by atoms with van der Waals surface area (Å²) in [5, 5.41) is 0.292. The summed E-state index contributed by atoms with van der Waals surface area (Å²) in [6, 6.07) is 1.84. The van der Waals surface area contributed by atoms with E-state index in [1.807, 2.05) is 0 Å². The van der Waals surface area contributed by atoms with E-state index in [2.05, 4.69) is 15.9 Å². The van der Waals surface area contributed by atoms with Gasteiger partial charge in [-0.15, -0.1) is 0 Å². The van der Waals surface area contributed by atoms with Crippen LogP contribution in [0.4, 0.5) is 32.0 Å². The van der Waals surface area contributed by atoms with Crippen molar-refractivity contribution in [2.45, 2.75) is 12.6 Å². The molecular weight excluding hydrogens is 340 g/mol. The molecule has 0 aliphatic rings. The monoisotopic (exact) mass is 349 g/mol. The molecule has 0 atom stereocenters. The van der Waals surface area contributed by atoms with Crippen LogP contribution in [0.1, 0.15) is 5.56 Å². The maximum atomic E-state index is 13.6. The van der Waals surface area contributed by atoms with Crippen molar-refractivity contribution in [2.75, 3.05) is 23.3 Å². The molecular formula is C11H10BrF6N. The Labute approximate surface area is 114 Å². The molecule has 0 aliphatic carbocycles. The van der Waals surface area contributed by atoms with Gasteiger partial charge in [-0.1, -0.05) is 15.9 Å². The van der Waals surface area contributed by atoms with Gasteiger partial charge in [0.15, 0.2) is 0 Å². The van der Waals surface area contributed by atoms with Crippen molar-refractivity contribution in [1.29, 1.82) is 0 Å². The van der Waals surface area contributed by atoms with E-state index in [-0.39, 0.29) is 12.2 Å². The highest BCUT2D eigenvalue weighted by Gasteiger charge is 2.31. The van der Waals surface area contributed by atoms with Crippen molar-refractivity contribution < 1.29 is 26.3 Å². The van der Waals surface area contributed by atoms with Gasteiger partial charge < -0.3 is 4.90 Å². The molecule has 0 bridgehead atoms. The van der Waals surface area contributed by atoms with Crippen LogP contribution in [0.2, 0.25) is 0 Å². The van der Waals surface area contributed by atoms with E-state index < -0.39 is 30.5 Å². The second-order valence-corrected chi connectivity index (χ2v) is 4.48. The molecule has 1 rings (SSSR count). The molecule has 19 heavy (non-hydrogen) atoms. The van der Waals surface area contributed by atoms with E-state index >= 15 is 0 Å². The second kappa shape index (κ2) is 6.49. The number of alkyl halides is 6. The van der Waals surface area contributed by atoms with Gasteiger partial charge in [0, 0.05) is 11.9 Å². The number of nitrogens with zero attached hydrogens (tertiary/aromatic N) is 1. The maximum absolute atomic E-state index is 13.6. The van der Waals surface area contributed by atoms with Crippen molar-refractivity contribution in [3.8, 4) is 0 Å². The van der Waals surface area contributed by atoms with Crippen molar-refractivity contribution in [1.82, 2.24) is 0 Å². The first-order valence-electron chi connectivity index (χ1n) is 5.21. The average Bonchev–Trinajstić information content (AvgIpc) is 2.26. The molecule has 0 aromatic heterocycles. The summed E-state index contributed by atoms with van der Waals surface area (Å²) in [5.74, 6) is -1.17. The lowest BCUT2D eigenvalue weighted by molar-refractivity contribution is -0.137. The molecule has 1 aromatic rings. The number of rotatable bonds is 5. The third-order valence-corrected chi connectivity index (χ3v) is 2.68. The van der Waals surface area contributed by atoms with Gasteiger partial charge in [-0.05, 0) is 18.2 Å². The van der Waals surface area contributed by atoms with Crippen LogP contribution in [-0.2, 0) is 6.18 Å². The standard InChI is InChI=1S/C11H10BrF6N/c12-3-4-19(6-10(14)15)9-2-1-7(5-8(9)13)11(16,17)18/h1-2,5,10H,3-4,6H2. The zero-order valence-electron chi connectivity index (χ0n) is 9.52. The van der Waals surface area contributed by atoms with E-state index in [4.69, 9.17) is 0 Å². The summed E-state index contributed by atoms with van der Waals surface area (Å²) in [6.45, 7) is -0.680. The summed E-state index contributed by atoms with van der Waals surface area (Å²) < 4.78 is 75.3. The first-order chi connectivity index (χ1) is 8.75.